The molecule has 2 aromatic rings. The first kappa shape index (κ1) is 14.4. The lowest BCUT2D eigenvalue weighted by Gasteiger charge is -2.19. The molecule has 2 nitrogen and oxygen atoms in total. The second-order valence-corrected chi connectivity index (χ2v) is 6.24. The molecule has 0 unspecified atom stereocenters. The molecule has 0 fully saturated rings. The number of ketones is 1. The minimum atomic E-state index is 0.143. The van der Waals surface area contributed by atoms with E-state index >= 15 is 0 Å². The zero-order valence-corrected chi connectivity index (χ0v) is 12.6. The van der Waals surface area contributed by atoms with E-state index in [2.05, 4.69) is 50.0 Å². The summed E-state index contributed by atoms with van der Waals surface area (Å²) in [5.41, 5.74) is 4.18. The van der Waals surface area contributed by atoms with Crippen molar-refractivity contribution in [2.45, 2.75) is 39.5 Å². The van der Waals surface area contributed by atoms with E-state index in [4.69, 9.17) is 0 Å². The number of carbonyl (C=O) groups is 1. The van der Waals surface area contributed by atoms with Crippen molar-refractivity contribution in [3.63, 3.8) is 0 Å². The molecule has 20 heavy (non-hydrogen) atoms. The molecular weight excluding hydrogens is 246 g/mol. The van der Waals surface area contributed by atoms with E-state index in [0.29, 0.717) is 6.42 Å². The van der Waals surface area contributed by atoms with Gasteiger partial charge in [0, 0.05) is 24.4 Å². The summed E-state index contributed by atoms with van der Waals surface area (Å²) >= 11 is 0. The monoisotopic (exact) mass is 267 g/mol. The predicted octanol–water partition coefficient (Wildman–Crippen LogP) is 4.11. The van der Waals surface area contributed by atoms with E-state index in [-0.39, 0.29) is 11.2 Å². The van der Waals surface area contributed by atoms with E-state index in [0.717, 1.165) is 16.7 Å². The van der Waals surface area contributed by atoms with Gasteiger partial charge in [-0.05, 0) is 35.1 Å². The third-order valence-corrected chi connectivity index (χ3v) is 3.51. The first-order valence-corrected chi connectivity index (χ1v) is 6.91. The highest BCUT2D eigenvalue weighted by molar-refractivity contribution is 5.98. The van der Waals surface area contributed by atoms with Gasteiger partial charge in [-0.1, -0.05) is 45.0 Å². The second kappa shape index (κ2) is 5.58. The molecule has 0 N–H and O–H groups in total. The number of hydrogen-bond donors (Lipinski definition) is 0. The SMILES string of the molecule is Cc1cnccc1C(=O)Cc1ccc(C(C)(C)C)cc1. The molecule has 2 rings (SSSR count). The zero-order valence-electron chi connectivity index (χ0n) is 12.6. The molecule has 0 amide bonds. The van der Waals surface area contributed by atoms with Crippen molar-refractivity contribution in [2.75, 3.05) is 0 Å². The van der Waals surface area contributed by atoms with Crippen LogP contribution in [0.25, 0.3) is 0 Å². The van der Waals surface area contributed by atoms with Gasteiger partial charge in [-0.15, -0.1) is 0 Å². The van der Waals surface area contributed by atoms with Crippen molar-refractivity contribution >= 4 is 5.78 Å². The number of carbonyl (C=O) groups excluding carboxylic acids is 1. The smallest absolute Gasteiger partial charge is 0.167 e. The van der Waals surface area contributed by atoms with Crippen LogP contribution in [0, 0.1) is 6.92 Å². The van der Waals surface area contributed by atoms with E-state index in [9.17, 15) is 4.79 Å². The Morgan fingerprint density at radius 1 is 1.10 bits per heavy atom. The number of hydrogen-bond acceptors (Lipinski definition) is 2. The largest absolute Gasteiger partial charge is 0.294 e. The highest BCUT2D eigenvalue weighted by atomic mass is 16.1. The summed E-state index contributed by atoms with van der Waals surface area (Å²) in [6.07, 6.45) is 3.84. The molecule has 0 spiro atoms. The van der Waals surface area contributed by atoms with Crippen LogP contribution in [0.3, 0.4) is 0 Å². The van der Waals surface area contributed by atoms with Crippen molar-refractivity contribution in [3.8, 4) is 0 Å². The quantitative estimate of drug-likeness (QED) is 0.783. The van der Waals surface area contributed by atoms with E-state index < -0.39 is 0 Å². The molecule has 1 heterocycles. The minimum absolute atomic E-state index is 0.143. The summed E-state index contributed by atoms with van der Waals surface area (Å²) in [6, 6.07) is 10.1. The van der Waals surface area contributed by atoms with Crippen molar-refractivity contribution in [1.29, 1.82) is 0 Å². The van der Waals surface area contributed by atoms with Gasteiger partial charge in [0.1, 0.15) is 0 Å². The lowest BCUT2D eigenvalue weighted by Crippen LogP contribution is -2.11. The summed E-state index contributed by atoms with van der Waals surface area (Å²) in [5.74, 6) is 0.147. The van der Waals surface area contributed by atoms with Crippen LogP contribution in [0.4, 0.5) is 0 Å². The molecule has 0 aliphatic rings. The molecular formula is C18H21NO. The summed E-state index contributed by atoms with van der Waals surface area (Å²) < 4.78 is 0. The Hall–Kier alpha value is -1.96. The van der Waals surface area contributed by atoms with Gasteiger partial charge in [0.25, 0.3) is 0 Å². The van der Waals surface area contributed by atoms with Crippen LogP contribution in [-0.2, 0) is 11.8 Å². The van der Waals surface area contributed by atoms with Crippen LogP contribution in [0.1, 0.15) is 47.8 Å². The first-order valence-electron chi connectivity index (χ1n) is 6.91. The Balaban J connectivity index is 2.15. The van der Waals surface area contributed by atoms with Crippen LogP contribution < -0.4 is 0 Å². The Morgan fingerprint density at radius 2 is 1.75 bits per heavy atom. The van der Waals surface area contributed by atoms with Gasteiger partial charge >= 0.3 is 0 Å². The maximum Gasteiger partial charge on any atom is 0.167 e. The fourth-order valence-corrected chi connectivity index (χ4v) is 2.19. The van der Waals surface area contributed by atoms with Gasteiger partial charge < -0.3 is 0 Å². The van der Waals surface area contributed by atoms with Crippen LogP contribution >= 0.6 is 0 Å². The zero-order chi connectivity index (χ0) is 14.8. The van der Waals surface area contributed by atoms with Gasteiger partial charge in [-0.3, -0.25) is 9.78 Å². The number of Topliss-reactive ketones (excluding diaryl/α,β-unsaturated/α-hetero) is 1. The summed E-state index contributed by atoms with van der Waals surface area (Å²) in [4.78, 5) is 16.3. The second-order valence-electron chi connectivity index (χ2n) is 6.24. The number of aryl methyl sites for hydroxylation is 1. The minimum Gasteiger partial charge on any atom is -0.294 e. The molecule has 0 saturated carbocycles. The topological polar surface area (TPSA) is 30.0 Å². The van der Waals surface area contributed by atoms with Crippen molar-refractivity contribution in [2.24, 2.45) is 0 Å². The Labute approximate surface area is 120 Å². The maximum atomic E-state index is 12.3. The van der Waals surface area contributed by atoms with Crippen LogP contribution in [0.5, 0.6) is 0 Å². The lowest BCUT2D eigenvalue weighted by molar-refractivity contribution is 0.0992. The van der Waals surface area contributed by atoms with Crippen LogP contribution in [0.2, 0.25) is 0 Å². The standard InChI is InChI=1S/C18H21NO/c1-13-12-19-10-9-16(13)17(20)11-14-5-7-15(8-6-14)18(2,3)4/h5-10,12H,11H2,1-4H3. The van der Waals surface area contributed by atoms with Gasteiger partial charge in [0.05, 0.1) is 0 Å². The summed E-state index contributed by atoms with van der Waals surface area (Å²) in [5, 5.41) is 0. The summed E-state index contributed by atoms with van der Waals surface area (Å²) in [6.45, 7) is 8.48. The molecule has 1 aromatic heterocycles. The average Bonchev–Trinajstić information content (AvgIpc) is 2.38. The fourth-order valence-electron chi connectivity index (χ4n) is 2.19. The first-order chi connectivity index (χ1) is 9.38. The Kier molecular flexibility index (Phi) is 4.03. The van der Waals surface area contributed by atoms with Gasteiger partial charge in [0.15, 0.2) is 5.78 Å². The number of pyridine rings is 1. The van der Waals surface area contributed by atoms with Crippen molar-refractivity contribution in [1.82, 2.24) is 4.98 Å². The number of nitrogens with zero attached hydrogens (tertiary/aromatic N) is 1. The predicted molar refractivity (Wildman–Crippen MR) is 82.2 cm³/mol. The van der Waals surface area contributed by atoms with E-state index in [1.54, 1.807) is 18.5 Å². The molecule has 0 atom stereocenters. The highest BCUT2D eigenvalue weighted by Crippen LogP contribution is 2.22. The number of rotatable bonds is 3. The van der Waals surface area contributed by atoms with Gasteiger partial charge in [-0.25, -0.2) is 0 Å². The molecule has 0 radical (unpaired) electrons. The number of benzene rings is 1. The van der Waals surface area contributed by atoms with Crippen molar-refractivity contribution < 1.29 is 4.79 Å². The third kappa shape index (κ3) is 3.32. The van der Waals surface area contributed by atoms with Crippen LogP contribution in [0.15, 0.2) is 42.7 Å². The summed E-state index contributed by atoms with van der Waals surface area (Å²) in [7, 11) is 0. The molecule has 104 valence electrons. The van der Waals surface area contributed by atoms with Gasteiger partial charge in [0.2, 0.25) is 0 Å². The molecule has 0 saturated heterocycles. The van der Waals surface area contributed by atoms with Gasteiger partial charge in [-0.2, -0.15) is 0 Å². The maximum absolute atomic E-state index is 12.3. The Bertz CT molecular complexity index is 606. The third-order valence-electron chi connectivity index (χ3n) is 3.51. The highest BCUT2D eigenvalue weighted by Gasteiger charge is 2.14. The van der Waals surface area contributed by atoms with E-state index in [1.807, 2.05) is 6.92 Å². The number of aromatic nitrogens is 1. The molecule has 2 heteroatoms. The molecule has 0 aliphatic heterocycles. The van der Waals surface area contributed by atoms with Crippen LogP contribution in [-0.4, -0.2) is 10.8 Å². The van der Waals surface area contributed by atoms with Crippen molar-refractivity contribution in [3.05, 3.63) is 65.0 Å². The molecule has 0 aliphatic carbocycles. The molecule has 0 bridgehead atoms. The fraction of sp³-hybridized carbons (Fsp3) is 0.333. The lowest BCUT2D eigenvalue weighted by atomic mass is 9.86. The average molecular weight is 267 g/mol. The van der Waals surface area contributed by atoms with E-state index in [1.165, 1.54) is 5.56 Å². The Morgan fingerprint density at radius 3 is 2.30 bits per heavy atom. The molecule has 1 aromatic carbocycles. The normalized spacial score (nSPS) is 11.4.